The van der Waals surface area contributed by atoms with Gasteiger partial charge in [-0.2, -0.15) is 5.21 Å². The highest BCUT2D eigenvalue weighted by molar-refractivity contribution is 7.89. The first-order valence-corrected chi connectivity index (χ1v) is 11.7. The molecular formula is C21H26N6O4S. The molecule has 170 valence electrons. The van der Waals surface area contributed by atoms with Crippen LogP contribution in [-0.4, -0.2) is 45.1 Å². The summed E-state index contributed by atoms with van der Waals surface area (Å²) in [6.07, 6.45) is 3.27. The van der Waals surface area contributed by atoms with Gasteiger partial charge in [-0.15, -0.1) is 10.2 Å². The van der Waals surface area contributed by atoms with Gasteiger partial charge in [0.05, 0.1) is 10.8 Å². The second kappa shape index (κ2) is 9.96. The summed E-state index contributed by atoms with van der Waals surface area (Å²) >= 11 is 0. The van der Waals surface area contributed by atoms with Crippen LogP contribution in [0.2, 0.25) is 0 Å². The van der Waals surface area contributed by atoms with E-state index in [1.807, 2.05) is 26.0 Å². The minimum Gasteiger partial charge on any atom is -0.481 e. The molecule has 10 nitrogen and oxygen atoms in total. The van der Waals surface area contributed by atoms with Gasteiger partial charge >= 0.3 is 5.97 Å². The van der Waals surface area contributed by atoms with Crippen molar-refractivity contribution in [1.82, 2.24) is 25.6 Å². The summed E-state index contributed by atoms with van der Waals surface area (Å²) in [5.74, 6) is -1.28. The van der Waals surface area contributed by atoms with Crippen LogP contribution in [-0.2, 0) is 21.2 Å². The SMILES string of the molecule is CC(C)CC(C(=O)O)C(CCc1ccc(-c2ccc(S(N)(=O)=O)cc2)cn1)c1nn[nH]n1. The molecule has 0 aliphatic rings. The van der Waals surface area contributed by atoms with Crippen LogP contribution >= 0.6 is 0 Å². The highest BCUT2D eigenvalue weighted by Crippen LogP contribution is 2.32. The van der Waals surface area contributed by atoms with Crippen LogP contribution in [0.1, 0.15) is 44.1 Å². The van der Waals surface area contributed by atoms with E-state index in [2.05, 4.69) is 25.6 Å². The first kappa shape index (κ1) is 23.5. The zero-order chi connectivity index (χ0) is 23.3. The van der Waals surface area contributed by atoms with Crippen molar-refractivity contribution in [3.05, 3.63) is 54.1 Å². The number of primary sulfonamides is 1. The molecule has 32 heavy (non-hydrogen) atoms. The molecule has 0 aliphatic carbocycles. The predicted molar refractivity (Wildman–Crippen MR) is 117 cm³/mol. The lowest BCUT2D eigenvalue weighted by Crippen LogP contribution is -2.25. The number of aryl methyl sites for hydroxylation is 1. The number of benzene rings is 1. The Kier molecular flexibility index (Phi) is 7.31. The van der Waals surface area contributed by atoms with Crippen molar-refractivity contribution < 1.29 is 18.3 Å². The Labute approximate surface area is 186 Å². The van der Waals surface area contributed by atoms with E-state index < -0.39 is 21.9 Å². The highest BCUT2D eigenvalue weighted by atomic mass is 32.2. The molecule has 4 N–H and O–H groups in total. The number of aromatic nitrogens is 5. The summed E-state index contributed by atoms with van der Waals surface area (Å²) in [5, 5.41) is 29.0. The Morgan fingerprint density at radius 2 is 1.81 bits per heavy atom. The van der Waals surface area contributed by atoms with E-state index in [4.69, 9.17) is 5.14 Å². The number of carboxylic acids is 1. The summed E-state index contributed by atoms with van der Waals surface area (Å²) in [6, 6.07) is 10.0. The van der Waals surface area contributed by atoms with Crippen molar-refractivity contribution in [3.63, 3.8) is 0 Å². The van der Waals surface area contributed by atoms with E-state index in [1.165, 1.54) is 12.1 Å². The van der Waals surface area contributed by atoms with Crippen LogP contribution in [0.25, 0.3) is 11.1 Å². The van der Waals surface area contributed by atoms with Crippen LogP contribution in [0, 0.1) is 11.8 Å². The van der Waals surface area contributed by atoms with Crippen molar-refractivity contribution in [1.29, 1.82) is 0 Å². The molecule has 0 bridgehead atoms. The van der Waals surface area contributed by atoms with Gasteiger partial charge in [-0.05, 0) is 48.9 Å². The molecule has 0 saturated heterocycles. The number of nitrogens with zero attached hydrogens (tertiary/aromatic N) is 4. The number of hydrogen-bond acceptors (Lipinski definition) is 7. The zero-order valence-electron chi connectivity index (χ0n) is 17.8. The Bertz CT molecular complexity index is 1130. The molecule has 0 aliphatic heterocycles. The minimum atomic E-state index is -3.74. The van der Waals surface area contributed by atoms with Gasteiger partial charge < -0.3 is 5.11 Å². The van der Waals surface area contributed by atoms with Crippen LogP contribution in [0.3, 0.4) is 0 Å². The molecular weight excluding hydrogens is 432 g/mol. The summed E-state index contributed by atoms with van der Waals surface area (Å²) in [7, 11) is -3.74. The molecule has 0 amide bonds. The van der Waals surface area contributed by atoms with E-state index in [0.29, 0.717) is 25.1 Å². The monoisotopic (exact) mass is 458 g/mol. The molecule has 0 radical (unpaired) electrons. The maximum Gasteiger partial charge on any atom is 0.307 e. The van der Waals surface area contributed by atoms with Crippen molar-refractivity contribution in [2.24, 2.45) is 17.0 Å². The molecule has 2 aromatic heterocycles. The second-order valence-electron chi connectivity index (χ2n) is 8.10. The Hall–Kier alpha value is -3.18. The number of tetrazole rings is 1. The number of hydrogen-bond donors (Lipinski definition) is 3. The number of aliphatic carboxylic acids is 1. The maximum atomic E-state index is 11.9. The van der Waals surface area contributed by atoms with Crippen LogP contribution in [0.5, 0.6) is 0 Å². The number of pyridine rings is 1. The van der Waals surface area contributed by atoms with Crippen molar-refractivity contribution in [2.75, 3.05) is 0 Å². The van der Waals surface area contributed by atoms with E-state index >= 15 is 0 Å². The third kappa shape index (κ3) is 5.95. The summed E-state index contributed by atoms with van der Waals surface area (Å²) in [6.45, 7) is 3.97. The van der Waals surface area contributed by atoms with Gasteiger partial charge in [-0.25, -0.2) is 13.6 Å². The largest absolute Gasteiger partial charge is 0.481 e. The lowest BCUT2D eigenvalue weighted by atomic mass is 9.82. The smallest absolute Gasteiger partial charge is 0.307 e. The standard InChI is InChI=1S/C21H26N6O4S/c1-13(2)11-19(21(28)29)18(20-24-26-27-25-20)10-7-16-6-3-15(12-23-16)14-4-8-17(9-5-14)32(22,30)31/h3-6,8-9,12-13,18-19H,7,10-11H2,1-2H3,(H,28,29)(H2,22,30,31)(H,24,25,26,27). The number of sulfonamides is 1. The van der Waals surface area contributed by atoms with Crippen molar-refractivity contribution in [2.45, 2.75) is 43.9 Å². The van der Waals surface area contributed by atoms with Gasteiger partial charge in [0.15, 0.2) is 5.82 Å². The summed E-state index contributed by atoms with van der Waals surface area (Å²) < 4.78 is 22.8. The average Bonchev–Trinajstić information content (AvgIpc) is 3.27. The van der Waals surface area contributed by atoms with Crippen molar-refractivity contribution in [3.8, 4) is 11.1 Å². The molecule has 1 aromatic carbocycles. The molecule has 11 heteroatoms. The fourth-order valence-corrected chi connectivity index (χ4v) is 4.18. The molecule has 0 saturated carbocycles. The van der Waals surface area contributed by atoms with Gasteiger partial charge in [-0.3, -0.25) is 9.78 Å². The van der Waals surface area contributed by atoms with Crippen LogP contribution in [0.4, 0.5) is 0 Å². The number of nitrogens with one attached hydrogen (secondary N) is 1. The highest BCUT2D eigenvalue weighted by Gasteiger charge is 2.32. The van der Waals surface area contributed by atoms with Gasteiger partial charge in [0.25, 0.3) is 0 Å². The number of aromatic amines is 1. The fourth-order valence-electron chi connectivity index (χ4n) is 3.67. The Morgan fingerprint density at radius 1 is 1.12 bits per heavy atom. The first-order valence-electron chi connectivity index (χ1n) is 10.2. The number of carboxylic acid groups (broad SMARTS) is 1. The summed E-state index contributed by atoms with van der Waals surface area (Å²) in [4.78, 5) is 16.5. The quantitative estimate of drug-likeness (QED) is 0.416. The van der Waals surface area contributed by atoms with E-state index in [-0.39, 0.29) is 16.7 Å². The molecule has 3 rings (SSSR count). The molecule has 2 atom stereocenters. The van der Waals surface area contributed by atoms with Crippen molar-refractivity contribution >= 4 is 16.0 Å². The van der Waals surface area contributed by atoms with Gasteiger partial charge in [0.1, 0.15) is 0 Å². The number of rotatable bonds is 10. The fraction of sp³-hybridized carbons (Fsp3) is 0.381. The molecule has 3 aromatic rings. The Balaban J connectivity index is 1.74. The molecule has 2 unspecified atom stereocenters. The van der Waals surface area contributed by atoms with Gasteiger partial charge in [-0.1, -0.05) is 37.3 Å². The van der Waals surface area contributed by atoms with E-state index in [9.17, 15) is 18.3 Å². The molecule has 2 heterocycles. The second-order valence-corrected chi connectivity index (χ2v) is 9.66. The Morgan fingerprint density at radius 3 is 2.31 bits per heavy atom. The van der Waals surface area contributed by atoms with Crippen LogP contribution < -0.4 is 5.14 Å². The topological polar surface area (TPSA) is 165 Å². The number of H-pyrrole nitrogens is 1. The third-order valence-corrected chi connectivity index (χ3v) is 6.20. The summed E-state index contributed by atoms with van der Waals surface area (Å²) in [5.41, 5.74) is 2.44. The first-order chi connectivity index (χ1) is 15.1. The van der Waals surface area contributed by atoms with Gasteiger partial charge in [0.2, 0.25) is 10.0 Å². The number of nitrogens with two attached hydrogens (primary N) is 1. The lowest BCUT2D eigenvalue weighted by molar-refractivity contribution is -0.143. The van der Waals surface area contributed by atoms with E-state index in [1.54, 1.807) is 18.3 Å². The lowest BCUT2D eigenvalue weighted by Gasteiger charge is -2.22. The molecule has 0 spiro atoms. The number of carbonyl (C=O) groups is 1. The normalized spacial score (nSPS) is 13.8. The zero-order valence-corrected chi connectivity index (χ0v) is 18.7. The van der Waals surface area contributed by atoms with Gasteiger partial charge in [0, 0.05) is 23.4 Å². The third-order valence-electron chi connectivity index (χ3n) is 5.27. The average molecular weight is 459 g/mol. The van der Waals surface area contributed by atoms with Crippen LogP contribution in [0.15, 0.2) is 47.5 Å². The van der Waals surface area contributed by atoms with E-state index in [0.717, 1.165) is 16.8 Å². The predicted octanol–water partition coefficient (Wildman–Crippen LogP) is 2.37. The minimum absolute atomic E-state index is 0.0488. The molecule has 0 fully saturated rings. The maximum absolute atomic E-state index is 11.9.